The zero-order valence-corrected chi connectivity index (χ0v) is 11.0. The van der Waals surface area contributed by atoms with Gasteiger partial charge in [0.25, 0.3) is 5.91 Å². The van der Waals surface area contributed by atoms with Gasteiger partial charge in [-0.1, -0.05) is 24.4 Å². The average Bonchev–Trinajstić information content (AvgIpc) is 2.76. The normalized spacial score (nSPS) is 22.7. The maximum atomic E-state index is 12.1. The molecule has 0 aromatic heterocycles. The van der Waals surface area contributed by atoms with Crippen molar-refractivity contribution in [2.75, 3.05) is 13.2 Å². The SMILES string of the molecule is CC1(NC(=O)c2cccc(C(N)=S)c2)CCOC1. The summed E-state index contributed by atoms with van der Waals surface area (Å²) in [6, 6.07) is 7.02. The van der Waals surface area contributed by atoms with Crippen molar-refractivity contribution in [3.05, 3.63) is 35.4 Å². The Labute approximate surface area is 112 Å². The largest absolute Gasteiger partial charge is 0.389 e. The molecule has 1 saturated heterocycles. The minimum Gasteiger partial charge on any atom is -0.389 e. The van der Waals surface area contributed by atoms with Crippen LogP contribution >= 0.6 is 12.2 Å². The third kappa shape index (κ3) is 2.86. The number of amides is 1. The van der Waals surface area contributed by atoms with Crippen LogP contribution in [-0.2, 0) is 4.74 Å². The number of thiocarbonyl (C=S) groups is 1. The summed E-state index contributed by atoms with van der Waals surface area (Å²) < 4.78 is 5.30. The van der Waals surface area contributed by atoms with E-state index in [1.54, 1.807) is 24.3 Å². The van der Waals surface area contributed by atoms with Crippen molar-refractivity contribution < 1.29 is 9.53 Å². The first-order chi connectivity index (χ1) is 8.50. The number of nitrogens with one attached hydrogen (secondary N) is 1. The summed E-state index contributed by atoms with van der Waals surface area (Å²) in [6.07, 6.45) is 0.827. The van der Waals surface area contributed by atoms with Gasteiger partial charge in [0.05, 0.1) is 12.1 Å². The quantitative estimate of drug-likeness (QED) is 0.806. The molecule has 0 radical (unpaired) electrons. The van der Waals surface area contributed by atoms with E-state index in [1.807, 2.05) is 6.92 Å². The summed E-state index contributed by atoms with van der Waals surface area (Å²) >= 11 is 4.90. The second-order valence-corrected chi connectivity index (χ2v) is 5.20. The zero-order chi connectivity index (χ0) is 13.2. The molecule has 2 rings (SSSR count). The van der Waals surface area contributed by atoms with E-state index in [2.05, 4.69) is 5.32 Å². The Bertz CT molecular complexity index is 482. The fraction of sp³-hybridized carbons (Fsp3) is 0.385. The number of benzene rings is 1. The summed E-state index contributed by atoms with van der Waals surface area (Å²) in [5.74, 6) is -0.124. The van der Waals surface area contributed by atoms with Crippen molar-refractivity contribution in [3.63, 3.8) is 0 Å². The lowest BCUT2D eigenvalue weighted by Crippen LogP contribution is -2.46. The third-order valence-electron chi connectivity index (χ3n) is 3.04. The molecule has 1 aliphatic heterocycles. The van der Waals surface area contributed by atoms with Gasteiger partial charge in [-0.2, -0.15) is 0 Å². The van der Waals surface area contributed by atoms with Crippen LogP contribution in [0.4, 0.5) is 0 Å². The first kappa shape index (κ1) is 13.0. The summed E-state index contributed by atoms with van der Waals surface area (Å²) in [4.78, 5) is 12.4. The monoisotopic (exact) mass is 264 g/mol. The van der Waals surface area contributed by atoms with Gasteiger partial charge in [0.15, 0.2) is 0 Å². The Hall–Kier alpha value is -1.46. The number of rotatable bonds is 3. The molecular weight excluding hydrogens is 248 g/mol. The van der Waals surface area contributed by atoms with Gasteiger partial charge in [-0.25, -0.2) is 0 Å². The van der Waals surface area contributed by atoms with Crippen molar-refractivity contribution in [3.8, 4) is 0 Å². The van der Waals surface area contributed by atoms with Gasteiger partial charge in [-0.15, -0.1) is 0 Å². The van der Waals surface area contributed by atoms with Gasteiger partial charge in [0.2, 0.25) is 0 Å². The molecule has 4 nitrogen and oxygen atoms in total. The summed E-state index contributed by atoms with van der Waals surface area (Å²) in [5.41, 5.74) is 6.53. The number of carbonyl (C=O) groups is 1. The highest BCUT2D eigenvalue weighted by molar-refractivity contribution is 7.80. The Balaban J connectivity index is 2.13. The van der Waals surface area contributed by atoms with Crippen molar-refractivity contribution >= 4 is 23.1 Å². The molecule has 1 amide bonds. The highest BCUT2D eigenvalue weighted by Crippen LogP contribution is 2.18. The van der Waals surface area contributed by atoms with Gasteiger partial charge in [0, 0.05) is 17.7 Å². The molecule has 0 aliphatic carbocycles. The molecule has 1 fully saturated rings. The summed E-state index contributed by atoms with van der Waals surface area (Å²) in [5, 5.41) is 2.99. The molecule has 1 aromatic rings. The van der Waals surface area contributed by atoms with Crippen LogP contribution < -0.4 is 11.1 Å². The second kappa shape index (κ2) is 5.04. The molecule has 1 atom stereocenters. The van der Waals surface area contributed by atoms with Crippen LogP contribution in [0.15, 0.2) is 24.3 Å². The van der Waals surface area contributed by atoms with Crippen LogP contribution in [0.25, 0.3) is 0 Å². The smallest absolute Gasteiger partial charge is 0.251 e. The molecule has 0 saturated carbocycles. The minimum absolute atomic E-state index is 0.124. The van der Waals surface area contributed by atoms with Gasteiger partial charge in [-0.3, -0.25) is 4.79 Å². The number of nitrogens with two attached hydrogens (primary N) is 1. The number of ether oxygens (including phenoxy) is 1. The average molecular weight is 264 g/mol. The fourth-order valence-corrected chi connectivity index (χ4v) is 2.05. The Kier molecular flexibility index (Phi) is 3.63. The molecule has 1 heterocycles. The van der Waals surface area contributed by atoms with E-state index in [0.29, 0.717) is 29.3 Å². The number of hydrogen-bond acceptors (Lipinski definition) is 3. The predicted molar refractivity (Wildman–Crippen MR) is 73.6 cm³/mol. The summed E-state index contributed by atoms with van der Waals surface area (Å²) in [7, 11) is 0. The molecule has 96 valence electrons. The summed E-state index contributed by atoms with van der Waals surface area (Å²) in [6.45, 7) is 3.22. The van der Waals surface area contributed by atoms with Gasteiger partial charge in [-0.05, 0) is 25.5 Å². The highest BCUT2D eigenvalue weighted by atomic mass is 32.1. The van der Waals surface area contributed by atoms with Gasteiger partial charge < -0.3 is 15.8 Å². The van der Waals surface area contributed by atoms with Gasteiger partial charge >= 0.3 is 0 Å². The topological polar surface area (TPSA) is 64.4 Å². The van der Waals surface area contributed by atoms with Gasteiger partial charge in [0.1, 0.15) is 4.99 Å². The molecule has 0 bridgehead atoms. The Morgan fingerprint density at radius 3 is 2.83 bits per heavy atom. The van der Waals surface area contributed by atoms with E-state index in [9.17, 15) is 4.79 Å². The first-order valence-corrected chi connectivity index (χ1v) is 6.21. The maximum absolute atomic E-state index is 12.1. The minimum atomic E-state index is -0.281. The van der Waals surface area contributed by atoms with Crippen LogP contribution in [0.1, 0.15) is 29.3 Å². The maximum Gasteiger partial charge on any atom is 0.251 e. The van der Waals surface area contributed by atoms with E-state index in [0.717, 1.165) is 6.42 Å². The van der Waals surface area contributed by atoms with E-state index < -0.39 is 0 Å². The first-order valence-electron chi connectivity index (χ1n) is 5.80. The lowest BCUT2D eigenvalue weighted by atomic mass is 10.0. The van der Waals surface area contributed by atoms with Crippen molar-refractivity contribution in [2.24, 2.45) is 5.73 Å². The van der Waals surface area contributed by atoms with Crippen LogP contribution in [0.2, 0.25) is 0 Å². The van der Waals surface area contributed by atoms with Crippen molar-refractivity contribution in [1.29, 1.82) is 0 Å². The molecule has 1 aliphatic rings. The fourth-order valence-electron chi connectivity index (χ4n) is 1.93. The molecular formula is C13H16N2O2S. The lowest BCUT2D eigenvalue weighted by molar-refractivity contribution is 0.0890. The third-order valence-corrected chi connectivity index (χ3v) is 3.28. The Morgan fingerprint density at radius 2 is 2.22 bits per heavy atom. The molecule has 1 aromatic carbocycles. The number of carbonyl (C=O) groups excluding carboxylic acids is 1. The van der Waals surface area contributed by atoms with Crippen molar-refractivity contribution in [2.45, 2.75) is 18.9 Å². The van der Waals surface area contributed by atoms with Crippen LogP contribution in [-0.4, -0.2) is 29.6 Å². The van der Waals surface area contributed by atoms with E-state index in [4.69, 9.17) is 22.7 Å². The van der Waals surface area contributed by atoms with E-state index in [1.165, 1.54) is 0 Å². The highest BCUT2D eigenvalue weighted by Gasteiger charge is 2.31. The van der Waals surface area contributed by atoms with Crippen LogP contribution in [0.5, 0.6) is 0 Å². The predicted octanol–water partition coefficient (Wildman–Crippen LogP) is 1.23. The number of hydrogen-bond donors (Lipinski definition) is 2. The van der Waals surface area contributed by atoms with Crippen molar-refractivity contribution in [1.82, 2.24) is 5.32 Å². The molecule has 18 heavy (non-hydrogen) atoms. The standard InChI is InChI=1S/C13H16N2O2S/c1-13(5-6-17-8-13)15-12(16)10-4-2-3-9(7-10)11(14)18/h2-4,7H,5-6,8H2,1H3,(H2,14,18)(H,15,16). The Morgan fingerprint density at radius 1 is 1.50 bits per heavy atom. The second-order valence-electron chi connectivity index (χ2n) is 4.76. The van der Waals surface area contributed by atoms with Crippen LogP contribution in [0.3, 0.4) is 0 Å². The molecule has 1 unspecified atom stereocenters. The molecule has 5 heteroatoms. The lowest BCUT2D eigenvalue weighted by Gasteiger charge is -2.23. The van der Waals surface area contributed by atoms with E-state index >= 15 is 0 Å². The molecule has 3 N–H and O–H groups in total. The van der Waals surface area contributed by atoms with E-state index in [-0.39, 0.29) is 11.4 Å². The molecule has 0 spiro atoms. The van der Waals surface area contributed by atoms with Crippen LogP contribution in [0, 0.1) is 0 Å². The zero-order valence-electron chi connectivity index (χ0n) is 10.2.